The molecule has 2 N–H and O–H groups in total. The summed E-state index contributed by atoms with van der Waals surface area (Å²) in [4.78, 5) is 9.73. The van der Waals surface area contributed by atoms with Gasteiger partial charge < -0.3 is 5.11 Å². The highest BCUT2D eigenvalue weighted by Crippen LogP contribution is 2.27. The number of para-hydroxylation sites is 1. The number of anilines is 1. The van der Waals surface area contributed by atoms with Crippen LogP contribution in [0.15, 0.2) is 47.4 Å². The maximum atomic E-state index is 12.2. The summed E-state index contributed by atoms with van der Waals surface area (Å²) in [5, 5.41) is 20.3. The zero-order valence-electron chi connectivity index (χ0n) is 11.0. The number of sulfonamides is 1. The molecule has 21 heavy (non-hydrogen) atoms. The van der Waals surface area contributed by atoms with Crippen LogP contribution >= 0.6 is 0 Å². The minimum absolute atomic E-state index is 0.0311. The fourth-order valence-corrected chi connectivity index (χ4v) is 2.99. The largest absolute Gasteiger partial charge is 0.508 e. The van der Waals surface area contributed by atoms with Gasteiger partial charge >= 0.3 is 0 Å². The van der Waals surface area contributed by atoms with Gasteiger partial charge in [0.1, 0.15) is 5.75 Å². The van der Waals surface area contributed by atoms with Crippen molar-refractivity contribution in [1.29, 1.82) is 0 Å². The van der Waals surface area contributed by atoms with E-state index in [1.54, 1.807) is 6.92 Å². The van der Waals surface area contributed by atoms with E-state index < -0.39 is 25.5 Å². The summed E-state index contributed by atoms with van der Waals surface area (Å²) in [6.07, 6.45) is 0. The highest BCUT2D eigenvalue weighted by atomic mass is 32.2. The van der Waals surface area contributed by atoms with E-state index >= 15 is 0 Å². The first-order valence-electron chi connectivity index (χ1n) is 5.87. The van der Waals surface area contributed by atoms with Gasteiger partial charge in [0.15, 0.2) is 4.90 Å². The van der Waals surface area contributed by atoms with Gasteiger partial charge in [-0.15, -0.1) is 0 Å². The number of phenolic OH excluding ortho intramolecular Hbond substituents is 1. The molecule has 0 spiro atoms. The number of hydrogen-bond donors (Lipinski definition) is 2. The van der Waals surface area contributed by atoms with Gasteiger partial charge in [-0.05, 0) is 36.8 Å². The van der Waals surface area contributed by atoms with E-state index in [4.69, 9.17) is 0 Å². The van der Waals surface area contributed by atoms with Gasteiger partial charge in [0.2, 0.25) is 0 Å². The van der Waals surface area contributed by atoms with Crippen LogP contribution in [0.1, 0.15) is 5.56 Å². The highest BCUT2D eigenvalue weighted by molar-refractivity contribution is 7.92. The fourth-order valence-electron chi connectivity index (χ4n) is 1.76. The van der Waals surface area contributed by atoms with Crippen LogP contribution in [0.2, 0.25) is 0 Å². The van der Waals surface area contributed by atoms with E-state index in [0.717, 1.165) is 12.1 Å². The lowest BCUT2D eigenvalue weighted by Crippen LogP contribution is -2.14. The minimum atomic E-state index is -4.09. The summed E-state index contributed by atoms with van der Waals surface area (Å²) in [6, 6.07) is 9.22. The number of nitrogens with zero attached hydrogens (tertiary/aromatic N) is 1. The first-order valence-corrected chi connectivity index (χ1v) is 7.35. The molecule has 0 aromatic heterocycles. The van der Waals surface area contributed by atoms with Crippen molar-refractivity contribution in [2.24, 2.45) is 0 Å². The zero-order chi connectivity index (χ0) is 15.6. The SMILES string of the molecule is Cc1cc(NS(=O)(=O)c2ccccc2[N+](=O)[O-])ccc1O. The number of phenols is 1. The molecule has 110 valence electrons. The van der Waals surface area contributed by atoms with Crippen molar-refractivity contribution in [3.63, 3.8) is 0 Å². The number of aromatic hydroxyl groups is 1. The van der Waals surface area contributed by atoms with E-state index in [1.165, 1.54) is 30.3 Å². The summed E-state index contributed by atoms with van der Waals surface area (Å²) in [5.41, 5.74) is 0.196. The van der Waals surface area contributed by atoms with Crippen LogP contribution in [0.25, 0.3) is 0 Å². The Labute approximate surface area is 121 Å². The highest BCUT2D eigenvalue weighted by Gasteiger charge is 2.25. The van der Waals surface area contributed by atoms with Crippen molar-refractivity contribution in [3.8, 4) is 5.75 Å². The van der Waals surface area contributed by atoms with Gasteiger partial charge in [-0.1, -0.05) is 12.1 Å². The Bertz CT molecular complexity index is 802. The van der Waals surface area contributed by atoms with Crippen LogP contribution in [0.3, 0.4) is 0 Å². The smallest absolute Gasteiger partial charge is 0.289 e. The topological polar surface area (TPSA) is 110 Å². The van der Waals surface area contributed by atoms with Crippen LogP contribution in [0.4, 0.5) is 11.4 Å². The number of aryl methyl sites for hydroxylation is 1. The van der Waals surface area contributed by atoms with Crippen LogP contribution < -0.4 is 4.72 Å². The average molecular weight is 308 g/mol. The summed E-state index contributed by atoms with van der Waals surface area (Å²) < 4.78 is 26.7. The average Bonchev–Trinajstić information content (AvgIpc) is 2.42. The van der Waals surface area contributed by atoms with Gasteiger partial charge in [0.25, 0.3) is 15.7 Å². The quantitative estimate of drug-likeness (QED) is 0.512. The predicted molar refractivity (Wildman–Crippen MR) is 76.7 cm³/mol. The maximum Gasteiger partial charge on any atom is 0.289 e. The number of rotatable bonds is 4. The van der Waals surface area contributed by atoms with E-state index in [-0.39, 0.29) is 11.4 Å². The fraction of sp³-hybridized carbons (Fsp3) is 0.0769. The second kappa shape index (κ2) is 5.41. The molecule has 0 atom stereocenters. The maximum absolute atomic E-state index is 12.2. The number of nitrogens with one attached hydrogen (secondary N) is 1. The Hall–Kier alpha value is -2.61. The second-order valence-corrected chi connectivity index (χ2v) is 5.98. The van der Waals surface area contributed by atoms with Gasteiger partial charge in [0.05, 0.1) is 4.92 Å². The number of hydrogen-bond acceptors (Lipinski definition) is 5. The third-order valence-corrected chi connectivity index (χ3v) is 4.23. The first-order chi connectivity index (χ1) is 9.81. The lowest BCUT2D eigenvalue weighted by atomic mass is 10.2. The third kappa shape index (κ3) is 3.11. The van der Waals surface area contributed by atoms with Crippen molar-refractivity contribution in [3.05, 3.63) is 58.1 Å². The van der Waals surface area contributed by atoms with Crippen LogP contribution in [-0.4, -0.2) is 18.4 Å². The van der Waals surface area contributed by atoms with Crippen LogP contribution in [0.5, 0.6) is 5.75 Å². The molecule has 0 saturated heterocycles. The van der Waals surface area contributed by atoms with Crippen molar-refractivity contribution < 1.29 is 18.4 Å². The third-order valence-electron chi connectivity index (χ3n) is 2.80. The molecule has 0 aliphatic heterocycles. The standard InChI is InChI=1S/C13H12N2O5S/c1-9-8-10(6-7-12(9)16)14-21(19,20)13-5-3-2-4-11(13)15(17)18/h2-8,14,16H,1H3. The molecule has 8 heteroatoms. The molecule has 0 bridgehead atoms. The van der Waals surface area contributed by atoms with Crippen molar-refractivity contribution in [2.45, 2.75) is 11.8 Å². The molecule has 0 unspecified atom stereocenters. The van der Waals surface area contributed by atoms with Gasteiger partial charge in [0, 0.05) is 11.8 Å². The molecule has 0 heterocycles. The minimum Gasteiger partial charge on any atom is -0.508 e. The van der Waals surface area contributed by atoms with Gasteiger partial charge in [-0.2, -0.15) is 0 Å². The first kappa shape index (κ1) is 14.8. The molecule has 0 radical (unpaired) electrons. The Balaban J connectivity index is 2.43. The summed E-state index contributed by atoms with van der Waals surface area (Å²) >= 11 is 0. The molecule has 0 fully saturated rings. The number of nitro benzene ring substituents is 1. The molecule has 2 aromatic rings. The number of benzene rings is 2. The number of nitro groups is 1. The van der Waals surface area contributed by atoms with E-state index in [2.05, 4.69) is 4.72 Å². The zero-order valence-corrected chi connectivity index (χ0v) is 11.8. The van der Waals surface area contributed by atoms with Crippen LogP contribution in [0, 0.1) is 17.0 Å². The second-order valence-electron chi connectivity index (χ2n) is 4.33. The summed E-state index contributed by atoms with van der Waals surface area (Å²) in [6.45, 7) is 1.61. The molecular formula is C13H12N2O5S. The monoisotopic (exact) mass is 308 g/mol. The molecular weight excluding hydrogens is 296 g/mol. The Morgan fingerprint density at radius 1 is 1.19 bits per heavy atom. The molecule has 0 aliphatic rings. The molecule has 7 nitrogen and oxygen atoms in total. The van der Waals surface area contributed by atoms with Gasteiger partial charge in [-0.3, -0.25) is 14.8 Å². The predicted octanol–water partition coefficient (Wildman–Crippen LogP) is 2.41. The molecule has 0 amide bonds. The normalized spacial score (nSPS) is 11.1. The van der Waals surface area contributed by atoms with Crippen molar-refractivity contribution >= 4 is 21.4 Å². The Morgan fingerprint density at radius 3 is 2.48 bits per heavy atom. The summed E-state index contributed by atoms with van der Waals surface area (Å²) in [5.74, 6) is 0.0311. The lowest BCUT2D eigenvalue weighted by Gasteiger charge is -2.09. The lowest BCUT2D eigenvalue weighted by molar-refractivity contribution is -0.387. The van der Waals surface area contributed by atoms with E-state index in [1.807, 2.05) is 0 Å². The summed E-state index contributed by atoms with van der Waals surface area (Å²) in [7, 11) is -4.09. The van der Waals surface area contributed by atoms with Crippen molar-refractivity contribution in [2.75, 3.05) is 4.72 Å². The molecule has 2 rings (SSSR count). The Kier molecular flexibility index (Phi) is 3.81. The Morgan fingerprint density at radius 2 is 1.86 bits per heavy atom. The van der Waals surface area contributed by atoms with Crippen molar-refractivity contribution in [1.82, 2.24) is 0 Å². The molecule has 0 aliphatic carbocycles. The van der Waals surface area contributed by atoms with E-state index in [0.29, 0.717) is 5.56 Å². The van der Waals surface area contributed by atoms with Crippen LogP contribution in [-0.2, 0) is 10.0 Å². The van der Waals surface area contributed by atoms with E-state index in [9.17, 15) is 23.6 Å². The molecule has 0 saturated carbocycles. The van der Waals surface area contributed by atoms with Gasteiger partial charge in [-0.25, -0.2) is 8.42 Å². The molecule has 2 aromatic carbocycles.